The first-order chi connectivity index (χ1) is 8.74. The molecule has 5 heteroatoms. The third-order valence-corrected chi connectivity index (χ3v) is 4.04. The SMILES string of the molecule is CNC(Cc1ccc(OC)c(Br)c1)c1cscn1. The molecule has 0 saturated heterocycles. The molecule has 1 N–H and O–H groups in total. The van der Waals surface area contributed by atoms with E-state index in [1.54, 1.807) is 18.4 Å². The Labute approximate surface area is 119 Å². The summed E-state index contributed by atoms with van der Waals surface area (Å²) in [6.45, 7) is 0. The number of likely N-dealkylation sites (N-methyl/N-ethyl adjacent to an activating group) is 1. The van der Waals surface area contributed by atoms with Gasteiger partial charge < -0.3 is 10.1 Å². The molecular formula is C13H15BrN2OS. The van der Waals surface area contributed by atoms with Crippen molar-refractivity contribution in [3.63, 3.8) is 0 Å². The van der Waals surface area contributed by atoms with Crippen LogP contribution in [-0.2, 0) is 6.42 Å². The minimum atomic E-state index is 0.247. The predicted molar refractivity (Wildman–Crippen MR) is 78.3 cm³/mol. The topological polar surface area (TPSA) is 34.1 Å². The van der Waals surface area contributed by atoms with E-state index in [-0.39, 0.29) is 6.04 Å². The first kappa shape index (κ1) is 13.5. The van der Waals surface area contributed by atoms with E-state index in [2.05, 4.69) is 43.7 Å². The van der Waals surface area contributed by atoms with Crippen LogP contribution in [0.15, 0.2) is 33.6 Å². The molecular weight excluding hydrogens is 312 g/mol. The fraction of sp³-hybridized carbons (Fsp3) is 0.308. The summed E-state index contributed by atoms with van der Waals surface area (Å²) < 4.78 is 6.21. The Morgan fingerprint density at radius 3 is 2.89 bits per heavy atom. The van der Waals surface area contributed by atoms with E-state index >= 15 is 0 Å². The Morgan fingerprint density at radius 1 is 1.50 bits per heavy atom. The van der Waals surface area contributed by atoms with E-state index in [9.17, 15) is 0 Å². The maximum atomic E-state index is 5.23. The van der Waals surface area contributed by atoms with E-state index in [0.29, 0.717) is 0 Å². The standard InChI is InChI=1S/C13H15BrN2OS/c1-15-11(12-7-18-8-16-12)6-9-3-4-13(17-2)10(14)5-9/h3-5,7-8,11,15H,6H2,1-2H3. The highest BCUT2D eigenvalue weighted by Gasteiger charge is 2.12. The van der Waals surface area contributed by atoms with Gasteiger partial charge in [0.05, 0.1) is 28.8 Å². The van der Waals surface area contributed by atoms with Crippen LogP contribution in [0.2, 0.25) is 0 Å². The van der Waals surface area contributed by atoms with Gasteiger partial charge in [0.25, 0.3) is 0 Å². The number of halogens is 1. The fourth-order valence-corrected chi connectivity index (χ4v) is 3.02. The van der Waals surface area contributed by atoms with Crippen molar-refractivity contribution in [2.45, 2.75) is 12.5 Å². The van der Waals surface area contributed by atoms with Crippen LogP contribution in [0.25, 0.3) is 0 Å². The second-order valence-electron chi connectivity index (χ2n) is 3.93. The first-order valence-corrected chi connectivity index (χ1v) is 7.36. The first-order valence-electron chi connectivity index (χ1n) is 5.62. The minimum Gasteiger partial charge on any atom is -0.496 e. The molecule has 1 atom stereocenters. The molecule has 3 nitrogen and oxygen atoms in total. The number of aromatic nitrogens is 1. The average Bonchev–Trinajstić information content (AvgIpc) is 2.90. The van der Waals surface area contributed by atoms with Gasteiger partial charge in [0.1, 0.15) is 5.75 Å². The van der Waals surface area contributed by atoms with Crippen molar-refractivity contribution in [3.05, 3.63) is 44.8 Å². The van der Waals surface area contributed by atoms with Gasteiger partial charge in [0, 0.05) is 5.38 Å². The summed E-state index contributed by atoms with van der Waals surface area (Å²) in [5, 5.41) is 5.38. The molecule has 0 bridgehead atoms. The molecule has 0 spiro atoms. The lowest BCUT2D eigenvalue weighted by Crippen LogP contribution is -2.19. The van der Waals surface area contributed by atoms with Gasteiger partial charge in [-0.25, -0.2) is 4.98 Å². The highest BCUT2D eigenvalue weighted by Crippen LogP contribution is 2.27. The zero-order valence-corrected chi connectivity index (χ0v) is 12.7. The summed E-state index contributed by atoms with van der Waals surface area (Å²) in [5.74, 6) is 0.855. The van der Waals surface area contributed by atoms with Crippen LogP contribution in [0.3, 0.4) is 0 Å². The van der Waals surface area contributed by atoms with Gasteiger partial charge in [-0.15, -0.1) is 11.3 Å². The summed E-state index contributed by atoms with van der Waals surface area (Å²) >= 11 is 5.13. The van der Waals surface area contributed by atoms with Crippen molar-refractivity contribution >= 4 is 27.3 Å². The van der Waals surface area contributed by atoms with Crippen LogP contribution in [-0.4, -0.2) is 19.1 Å². The molecule has 18 heavy (non-hydrogen) atoms. The quantitative estimate of drug-likeness (QED) is 0.914. The normalized spacial score (nSPS) is 12.4. The van der Waals surface area contributed by atoms with Crippen molar-refractivity contribution in [3.8, 4) is 5.75 Å². The van der Waals surface area contributed by atoms with Gasteiger partial charge in [-0.3, -0.25) is 0 Å². The molecule has 1 heterocycles. The van der Waals surface area contributed by atoms with E-state index in [1.165, 1.54) is 5.56 Å². The Morgan fingerprint density at radius 2 is 2.33 bits per heavy atom. The van der Waals surface area contributed by atoms with Gasteiger partial charge in [-0.05, 0) is 47.1 Å². The molecule has 0 aliphatic carbocycles. The minimum absolute atomic E-state index is 0.247. The Balaban J connectivity index is 2.15. The predicted octanol–water partition coefficient (Wildman–Crippen LogP) is 3.42. The molecule has 96 valence electrons. The van der Waals surface area contributed by atoms with Gasteiger partial charge in [0.2, 0.25) is 0 Å². The molecule has 1 aromatic carbocycles. The van der Waals surface area contributed by atoms with Crippen molar-refractivity contribution in [1.82, 2.24) is 10.3 Å². The summed E-state index contributed by atoms with van der Waals surface area (Å²) in [4.78, 5) is 4.36. The Hall–Kier alpha value is -0.910. The number of hydrogen-bond acceptors (Lipinski definition) is 4. The number of methoxy groups -OCH3 is 1. The van der Waals surface area contributed by atoms with Crippen LogP contribution in [0.1, 0.15) is 17.3 Å². The Kier molecular flexibility index (Phi) is 4.74. The zero-order chi connectivity index (χ0) is 13.0. The highest BCUT2D eigenvalue weighted by molar-refractivity contribution is 9.10. The number of benzene rings is 1. The lowest BCUT2D eigenvalue weighted by atomic mass is 10.0. The molecule has 0 saturated carbocycles. The number of nitrogens with zero attached hydrogens (tertiary/aromatic N) is 1. The summed E-state index contributed by atoms with van der Waals surface area (Å²) in [6.07, 6.45) is 0.906. The molecule has 1 aromatic heterocycles. The van der Waals surface area contributed by atoms with Crippen LogP contribution in [0.4, 0.5) is 0 Å². The zero-order valence-electron chi connectivity index (χ0n) is 10.3. The second kappa shape index (κ2) is 6.31. The van der Waals surface area contributed by atoms with Crippen molar-refractivity contribution in [2.24, 2.45) is 0 Å². The number of rotatable bonds is 5. The van der Waals surface area contributed by atoms with Crippen molar-refractivity contribution in [2.75, 3.05) is 14.2 Å². The summed E-state index contributed by atoms with van der Waals surface area (Å²) in [6, 6.07) is 6.40. The van der Waals surface area contributed by atoms with Gasteiger partial charge in [-0.1, -0.05) is 6.07 Å². The van der Waals surface area contributed by atoms with E-state index in [0.717, 1.165) is 22.3 Å². The van der Waals surface area contributed by atoms with Crippen molar-refractivity contribution < 1.29 is 4.74 Å². The molecule has 0 amide bonds. The maximum absolute atomic E-state index is 5.23. The van der Waals surface area contributed by atoms with E-state index in [1.807, 2.05) is 18.6 Å². The molecule has 0 fully saturated rings. The largest absolute Gasteiger partial charge is 0.496 e. The summed E-state index contributed by atoms with van der Waals surface area (Å²) in [5.41, 5.74) is 4.20. The van der Waals surface area contributed by atoms with Gasteiger partial charge >= 0.3 is 0 Å². The van der Waals surface area contributed by atoms with Gasteiger partial charge in [-0.2, -0.15) is 0 Å². The third-order valence-electron chi connectivity index (χ3n) is 2.81. The maximum Gasteiger partial charge on any atom is 0.133 e. The average molecular weight is 327 g/mol. The fourth-order valence-electron chi connectivity index (χ4n) is 1.82. The lowest BCUT2D eigenvalue weighted by molar-refractivity contribution is 0.412. The molecule has 0 aliphatic rings. The van der Waals surface area contributed by atoms with Crippen LogP contribution in [0.5, 0.6) is 5.75 Å². The van der Waals surface area contributed by atoms with Crippen LogP contribution in [0, 0.1) is 0 Å². The van der Waals surface area contributed by atoms with Crippen LogP contribution >= 0.6 is 27.3 Å². The smallest absolute Gasteiger partial charge is 0.133 e. The highest BCUT2D eigenvalue weighted by atomic mass is 79.9. The van der Waals surface area contributed by atoms with Crippen LogP contribution < -0.4 is 10.1 Å². The van der Waals surface area contributed by atoms with Gasteiger partial charge in [0.15, 0.2) is 0 Å². The molecule has 2 aromatic rings. The number of ether oxygens (including phenoxy) is 1. The monoisotopic (exact) mass is 326 g/mol. The molecule has 1 unspecified atom stereocenters. The Bertz CT molecular complexity index is 502. The molecule has 0 radical (unpaired) electrons. The molecule has 2 rings (SSSR count). The van der Waals surface area contributed by atoms with E-state index in [4.69, 9.17) is 4.74 Å². The number of thiazole rings is 1. The lowest BCUT2D eigenvalue weighted by Gasteiger charge is -2.14. The second-order valence-corrected chi connectivity index (χ2v) is 5.50. The van der Waals surface area contributed by atoms with E-state index < -0.39 is 0 Å². The molecule has 0 aliphatic heterocycles. The third kappa shape index (κ3) is 3.10. The van der Waals surface area contributed by atoms with Crippen molar-refractivity contribution in [1.29, 1.82) is 0 Å². The summed E-state index contributed by atoms with van der Waals surface area (Å²) in [7, 11) is 3.63. The number of hydrogen-bond donors (Lipinski definition) is 1. The number of nitrogens with one attached hydrogen (secondary N) is 1.